The van der Waals surface area contributed by atoms with Gasteiger partial charge in [-0.1, -0.05) is 0 Å². The smallest absolute Gasteiger partial charge is 0.356 e. The summed E-state index contributed by atoms with van der Waals surface area (Å²) in [4.78, 5) is 15.0. The van der Waals surface area contributed by atoms with Crippen LogP contribution in [-0.2, 0) is 10.6 Å². The summed E-state index contributed by atoms with van der Waals surface area (Å²) < 4.78 is 30.0. The van der Waals surface area contributed by atoms with E-state index in [0.717, 1.165) is 13.2 Å². The van der Waals surface area contributed by atoms with Crippen LogP contribution in [0.15, 0.2) is 6.07 Å². The zero-order valence-corrected chi connectivity index (χ0v) is 11.1. The van der Waals surface area contributed by atoms with E-state index in [0.29, 0.717) is 0 Å². The zero-order valence-electron chi connectivity index (χ0n) is 8.14. The molecule has 0 amide bonds. The van der Waals surface area contributed by atoms with E-state index in [1.54, 1.807) is 22.6 Å². The highest BCUT2D eigenvalue weighted by Gasteiger charge is 2.20. The number of alkyl halides is 3. The topological polar surface area (TPSA) is 39.2 Å². The monoisotopic (exact) mass is 361 g/mol. The number of nitrogens with zero attached hydrogens (tertiary/aromatic N) is 1. The fraction of sp³-hybridized carbons (Fsp3) is 0.333. The molecule has 7 heteroatoms. The Bertz CT molecular complexity index is 415. The predicted molar refractivity (Wildman–Crippen MR) is 62.8 cm³/mol. The van der Waals surface area contributed by atoms with E-state index >= 15 is 0 Å². The van der Waals surface area contributed by atoms with Gasteiger partial charge >= 0.3 is 5.97 Å². The number of aromatic nitrogens is 1. The maximum absolute atomic E-state index is 12.7. The quantitative estimate of drug-likeness (QED) is 0.472. The maximum atomic E-state index is 12.7. The van der Waals surface area contributed by atoms with Gasteiger partial charge in [-0.25, -0.2) is 18.6 Å². The molecule has 0 N–H and O–H groups in total. The normalized spacial score (nSPS) is 10.6. The lowest BCUT2D eigenvalue weighted by Crippen LogP contribution is -2.09. The lowest BCUT2D eigenvalue weighted by Gasteiger charge is -2.09. The molecule has 16 heavy (non-hydrogen) atoms. The second kappa shape index (κ2) is 5.72. The molecule has 0 aliphatic rings. The van der Waals surface area contributed by atoms with Crippen LogP contribution in [-0.4, -0.2) is 18.1 Å². The fourth-order valence-electron chi connectivity index (χ4n) is 1.06. The number of rotatable bonds is 3. The van der Waals surface area contributed by atoms with Crippen molar-refractivity contribution in [2.24, 2.45) is 0 Å². The van der Waals surface area contributed by atoms with Gasteiger partial charge in [0, 0.05) is 9.13 Å². The Balaban J connectivity index is 3.34. The summed E-state index contributed by atoms with van der Waals surface area (Å²) >= 11 is 7.29. The number of pyridine rings is 1. The highest BCUT2D eigenvalue weighted by Crippen LogP contribution is 2.27. The van der Waals surface area contributed by atoms with E-state index in [2.05, 4.69) is 9.72 Å². The molecule has 1 aromatic heterocycles. The van der Waals surface area contributed by atoms with E-state index in [1.165, 1.54) is 0 Å². The van der Waals surface area contributed by atoms with Gasteiger partial charge in [0.15, 0.2) is 0 Å². The molecule has 0 aliphatic heterocycles. The first-order valence-corrected chi connectivity index (χ1v) is 5.74. The van der Waals surface area contributed by atoms with E-state index < -0.39 is 12.4 Å². The molecule has 3 nitrogen and oxygen atoms in total. The molecule has 0 radical (unpaired) electrons. The van der Waals surface area contributed by atoms with Gasteiger partial charge in [-0.3, -0.25) is 0 Å². The van der Waals surface area contributed by atoms with Crippen molar-refractivity contribution in [3.05, 3.63) is 26.6 Å². The number of esters is 1. The first kappa shape index (κ1) is 13.6. The Hall–Kier alpha value is -0.500. The molecule has 0 saturated heterocycles. The first-order valence-electron chi connectivity index (χ1n) is 4.13. The number of halogens is 4. The van der Waals surface area contributed by atoms with Crippen LogP contribution in [0.4, 0.5) is 8.78 Å². The van der Waals surface area contributed by atoms with Gasteiger partial charge in [-0.2, -0.15) is 0 Å². The van der Waals surface area contributed by atoms with E-state index in [-0.39, 0.29) is 26.4 Å². The predicted octanol–water partition coefficient (Wildman–Crippen LogP) is 3.15. The van der Waals surface area contributed by atoms with E-state index in [4.69, 9.17) is 11.6 Å². The molecular weight excluding hydrogens is 354 g/mol. The van der Waals surface area contributed by atoms with Crippen molar-refractivity contribution in [1.82, 2.24) is 4.98 Å². The van der Waals surface area contributed by atoms with Gasteiger partial charge in [0.25, 0.3) is 6.43 Å². The van der Waals surface area contributed by atoms with E-state index in [9.17, 15) is 13.6 Å². The summed E-state index contributed by atoms with van der Waals surface area (Å²) in [5.41, 5.74) is -0.166. The number of ether oxygens (including phenoxy) is 1. The lowest BCUT2D eigenvalue weighted by atomic mass is 10.2. The third-order valence-electron chi connectivity index (χ3n) is 1.81. The van der Waals surface area contributed by atoms with Gasteiger partial charge in [0.1, 0.15) is 5.69 Å². The number of carbonyl (C=O) groups excluding carboxylic acids is 1. The molecule has 0 fully saturated rings. The van der Waals surface area contributed by atoms with Crippen molar-refractivity contribution in [3.8, 4) is 0 Å². The third kappa shape index (κ3) is 2.79. The number of hydrogen-bond donors (Lipinski definition) is 0. The minimum atomic E-state index is -2.68. The second-order valence-electron chi connectivity index (χ2n) is 2.78. The summed E-state index contributed by atoms with van der Waals surface area (Å²) in [6.07, 6.45) is -2.68. The third-order valence-corrected chi connectivity index (χ3v) is 3.31. The van der Waals surface area contributed by atoms with Crippen LogP contribution in [0.5, 0.6) is 0 Å². The number of methoxy groups -OCH3 is 1. The highest BCUT2D eigenvalue weighted by molar-refractivity contribution is 14.1. The van der Waals surface area contributed by atoms with Crippen LogP contribution in [0.25, 0.3) is 0 Å². The van der Waals surface area contributed by atoms with Gasteiger partial charge in [0.2, 0.25) is 0 Å². The van der Waals surface area contributed by atoms with Crippen LogP contribution in [0.3, 0.4) is 0 Å². The Morgan fingerprint density at radius 1 is 1.69 bits per heavy atom. The van der Waals surface area contributed by atoms with Crippen molar-refractivity contribution in [3.63, 3.8) is 0 Å². The summed E-state index contributed by atoms with van der Waals surface area (Å²) in [7, 11) is 1.16. The SMILES string of the molecule is COC(=O)c1cc(C(F)F)c(I)c(CCl)n1. The Morgan fingerprint density at radius 2 is 2.31 bits per heavy atom. The lowest BCUT2D eigenvalue weighted by molar-refractivity contribution is 0.0593. The average Bonchev–Trinajstić information content (AvgIpc) is 2.27. The van der Waals surface area contributed by atoms with Crippen molar-refractivity contribution < 1.29 is 18.3 Å². The van der Waals surface area contributed by atoms with Crippen molar-refractivity contribution >= 4 is 40.2 Å². The fourth-order valence-corrected chi connectivity index (χ4v) is 2.18. The molecule has 0 atom stereocenters. The molecule has 0 bridgehead atoms. The van der Waals surface area contributed by atoms with Crippen molar-refractivity contribution in [2.45, 2.75) is 12.3 Å². The molecular formula is C9H7ClF2INO2. The molecule has 0 unspecified atom stereocenters. The average molecular weight is 362 g/mol. The molecule has 0 aromatic carbocycles. The van der Waals surface area contributed by atoms with Gasteiger partial charge < -0.3 is 4.74 Å². The van der Waals surface area contributed by atoms with Gasteiger partial charge in [0.05, 0.1) is 18.7 Å². The van der Waals surface area contributed by atoms with Crippen LogP contribution >= 0.6 is 34.2 Å². The molecule has 0 spiro atoms. The second-order valence-corrected chi connectivity index (χ2v) is 4.13. The zero-order chi connectivity index (χ0) is 12.3. The molecule has 1 aromatic rings. The van der Waals surface area contributed by atoms with Gasteiger partial charge in [-0.15, -0.1) is 11.6 Å². The summed E-state index contributed by atoms with van der Waals surface area (Å²) in [5, 5.41) is 0. The minimum Gasteiger partial charge on any atom is -0.464 e. The summed E-state index contributed by atoms with van der Waals surface area (Å²) in [6, 6.07) is 1.02. The maximum Gasteiger partial charge on any atom is 0.356 e. The summed E-state index contributed by atoms with van der Waals surface area (Å²) in [6.45, 7) is 0. The minimum absolute atomic E-state index is 0.0389. The van der Waals surface area contributed by atoms with Crippen molar-refractivity contribution in [2.75, 3.05) is 7.11 Å². The van der Waals surface area contributed by atoms with Gasteiger partial charge in [-0.05, 0) is 28.7 Å². The van der Waals surface area contributed by atoms with Crippen LogP contribution in [0, 0.1) is 3.57 Å². The highest BCUT2D eigenvalue weighted by atomic mass is 127. The molecule has 0 aliphatic carbocycles. The Morgan fingerprint density at radius 3 is 2.75 bits per heavy atom. The van der Waals surface area contributed by atoms with Crippen LogP contribution in [0.1, 0.15) is 28.2 Å². The standard InChI is InChI=1S/C9H7ClF2INO2/c1-16-9(15)5-2-4(8(11)12)7(13)6(3-10)14-5/h2,8H,3H2,1H3. The van der Waals surface area contributed by atoms with Crippen LogP contribution < -0.4 is 0 Å². The largest absolute Gasteiger partial charge is 0.464 e. The van der Waals surface area contributed by atoms with Crippen molar-refractivity contribution in [1.29, 1.82) is 0 Å². The molecule has 88 valence electrons. The van der Waals surface area contributed by atoms with Crippen LogP contribution in [0.2, 0.25) is 0 Å². The molecule has 0 saturated carbocycles. The number of carbonyl (C=O) groups is 1. The number of hydrogen-bond acceptors (Lipinski definition) is 3. The Kier molecular flexibility index (Phi) is 4.85. The molecule has 1 heterocycles. The Labute approximate surface area is 109 Å². The van der Waals surface area contributed by atoms with E-state index in [1.807, 2.05) is 0 Å². The summed E-state index contributed by atoms with van der Waals surface area (Å²) in [5.74, 6) is -0.798. The molecule has 1 rings (SSSR count). The first-order chi connectivity index (χ1) is 7.51.